The number of thiol groups is 1. The Balaban J connectivity index is 3.30. The lowest BCUT2D eigenvalue weighted by Crippen LogP contribution is -2.12. The molecule has 0 unspecified atom stereocenters. The van der Waals surface area contributed by atoms with Crippen LogP contribution in [0.15, 0.2) is 12.1 Å². The highest BCUT2D eigenvalue weighted by molar-refractivity contribution is 7.79. The minimum absolute atomic E-state index is 0.0412. The zero-order valence-corrected chi connectivity index (χ0v) is 9.73. The second kappa shape index (κ2) is 3.73. The molecule has 0 atom stereocenters. The minimum atomic E-state index is 0.0412. The molecule has 0 aliphatic rings. The molecule has 0 bridgehead atoms. The number of hydrogen-bond donors (Lipinski definition) is 3. The predicted octanol–water partition coefficient (Wildman–Crippen LogP) is 2.70. The van der Waals surface area contributed by atoms with Gasteiger partial charge in [-0.2, -0.15) is 12.6 Å². The number of hydrogen-bond acceptors (Lipinski definition) is 3. The third kappa shape index (κ3) is 2.15. The molecule has 0 heterocycles. The normalized spacial score (nSPS) is 11.7. The van der Waals surface area contributed by atoms with Crippen LogP contribution in [0.4, 0.5) is 5.69 Å². The predicted molar refractivity (Wildman–Crippen MR) is 63.9 cm³/mol. The summed E-state index contributed by atoms with van der Waals surface area (Å²) in [6.07, 6.45) is 0. The molecule has 0 amide bonds. The van der Waals surface area contributed by atoms with Crippen LogP contribution in [0.2, 0.25) is 0 Å². The van der Waals surface area contributed by atoms with Crippen LogP contribution in [0.1, 0.15) is 31.9 Å². The summed E-state index contributed by atoms with van der Waals surface area (Å²) in [5.41, 5.74) is 8.10. The van der Waals surface area contributed by atoms with Gasteiger partial charge in [0.15, 0.2) is 0 Å². The largest absolute Gasteiger partial charge is 0.505 e. The molecule has 0 radical (unpaired) electrons. The van der Waals surface area contributed by atoms with E-state index in [9.17, 15) is 5.11 Å². The van der Waals surface area contributed by atoms with Crippen LogP contribution in [0.5, 0.6) is 5.75 Å². The molecule has 1 rings (SSSR count). The smallest absolute Gasteiger partial charge is 0.142 e. The van der Waals surface area contributed by atoms with E-state index in [1.807, 2.05) is 12.1 Å². The number of rotatable bonds is 1. The van der Waals surface area contributed by atoms with Crippen molar-refractivity contribution in [3.05, 3.63) is 23.3 Å². The molecule has 0 saturated heterocycles. The van der Waals surface area contributed by atoms with Gasteiger partial charge < -0.3 is 10.8 Å². The van der Waals surface area contributed by atoms with E-state index in [0.717, 1.165) is 11.1 Å². The first kappa shape index (κ1) is 11.2. The van der Waals surface area contributed by atoms with Crippen molar-refractivity contribution >= 4 is 18.3 Å². The first-order valence-corrected chi connectivity index (χ1v) is 5.22. The summed E-state index contributed by atoms with van der Waals surface area (Å²) in [6, 6.07) is 3.78. The number of nitrogen functional groups attached to an aromatic ring is 1. The summed E-state index contributed by atoms with van der Waals surface area (Å²) in [5, 5.41) is 9.61. The second-order valence-electron chi connectivity index (χ2n) is 4.48. The lowest BCUT2D eigenvalue weighted by Gasteiger charge is -2.21. The summed E-state index contributed by atoms with van der Waals surface area (Å²) in [5.74, 6) is 0.660. The zero-order chi connectivity index (χ0) is 10.9. The van der Waals surface area contributed by atoms with Gasteiger partial charge in [0.05, 0.1) is 5.69 Å². The van der Waals surface area contributed by atoms with Gasteiger partial charge in [0, 0.05) is 11.3 Å². The Hall–Kier alpha value is -0.830. The van der Waals surface area contributed by atoms with E-state index >= 15 is 0 Å². The van der Waals surface area contributed by atoms with Gasteiger partial charge >= 0.3 is 0 Å². The lowest BCUT2D eigenvalue weighted by atomic mass is 9.86. The van der Waals surface area contributed by atoms with Crippen molar-refractivity contribution in [2.24, 2.45) is 0 Å². The Kier molecular flexibility index (Phi) is 3.00. The van der Waals surface area contributed by atoms with Crippen molar-refractivity contribution in [1.29, 1.82) is 0 Å². The maximum Gasteiger partial charge on any atom is 0.142 e. The van der Waals surface area contributed by atoms with Gasteiger partial charge in [-0.15, -0.1) is 0 Å². The fraction of sp³-hybridized carbons (Fsp3) is 0.455. The van der Waals surface area contributed by atoms with Crippen molar-refractivity contribution in [1.82, 2.24) is 0 Å². The van der Waals surface area contributed by atoms with Crippen molar-refractivity contribution in [3.8, 4) is 5.75 Å². The average molecular weight is 211 g/mol. The van der Waals surface area contributed by atoms with Gasteiger partial charge in [-0.1, -0.05) is 26.8 Å². The average Bonchev–Trinajstić information content (AvgIpc) is 2.07. The molecule has 0 aromatic heterocycles. The molecule has 0 saturated carbocycles. The van der Waals surface area contributed by atoms with Crippen molar-refractivity contribution in [2.75, 3.05) is 5.73 Å². The van der Waals surface area contributed by atoms with Crippen LogP contribution in [-0.4, -0.2) is 5.11 Å². The second-order valence-corrected chi connectivity index (χ2v) is 4.80. The summed E-state index contributed by atoms with van der Waals surface area (Å²) < 4.78 is 0. The third-order valence-electron chi connectivity index (χ3n) is 2.25. The highest BCUT2D eigenvalue weighted by Gasteiger charge is 2.16. The van der Waals surface area contributed by atoms with Gasteiger partial charge in [0.25, 0.3) is 0 Å². The summed E-state index contributed by atoms with van der Waals surface area (Å²) in [4.78, 5) is 0. The first-order chi connectivity index (χ1) is 6.36. The zero-order valence-electron chi connectivity index (χ0n) is 8.83. The van der Waals surface area contributed by atoms with E-state index in [-0.39, 0.29) is 11.2 Å². The van der Waals surface area contributed by atoms with Crippen LogP contribution >= 0.6 is 12.6 Å². The Labute approximate surface area is 90.5 Å². The molecule has 2 nitrogen and oxygen atoms in total. The van der Waals surface area contributed by atoms with Crippen LogP contribution < -0.4 is 5.73 Å². The van der Waals surface area contributed by atoms with E-state index in [1.54, 1.807) is 0 Å². The van der Waals surface area contributed by atoms with Gasteiger partial charge in [-0.3, -0.25) is 0 Å². The molecule has 3 N–H and O–H groups in total. The molecule has 0 spiro atoms. The fourth-order valence-electron chi connectivity index (χ4n) is 1.27. The number of anilines is 1. The molecule has 78 valence electrons. The van der Waals surface area contributed by atoms with Crippen LogP contribution in [0.3, 0.4) is 0 Å². The number of benzene rings is 1. The quantitative estimate of drug-likeness (QED) is 0.380. The van der Waals surface area contributed by atoms with Crippen molar-refractivity contribution in [2.45, 2.75) is 31.9 Å². The third-order valence-corrected chi connectivity index (χ3v) is 2.60. The summed E-state index contributed by atoms with van der Waals surface area (Å²) in [6.45, 7) is 6.34. The van der Waals surface area contributed by atoms with Crippen molar-refractivity contribution in [3.63, 3.8) is 0 Å². The topological polar surface area (TPSA) is 46.2 Å². The van der Waals surface area contributed by atoms with Crippen LogP contribution in [-0.2, 0) is 11.2 Å². The van der Waals surface area contributed by atoms with Gasteiger partial charge in [-0.05, 0) is 17.0 Å². The molecule has 3 heteroatoms. The molecule has 0 fully saturated rings. The Morgan fingerprint density at radius 2 is 1.93 bits per heavy atom. The molecule has 14 heavy (non-hydrogen) atoms. The molecule has 0 aliphatic heterocycles. The Bertz CT molecular complexity index is 342. The first-order valence-electron chi connectivity index (χ1n) is 4.59. The number of phenols is 1. The van der Waals surface area contributed by atoms with E-state index in [2.05, 4.69) is 33.4 Å². The monoisotopic (exact) mass is 211 g/mol. The van der Waals surface area contributed by atoms with E-state index < -0.39 is 0 Å². The SMILES string of the molecule is CC(C)(C)c1cc(N)c(O)c(CS)c1. The molecule has 1 aromatic carbocycles. The summed E-state index contributed by atoms with van der Waals surface area (Å²) >= 11 is 4.15. The Morgan fingerprint density at radius 1 is 1.36 bits per heavy atom. The maximum absolute atomic E-state index is 9.61. The highest BCUT2D eigenvalue weighted by atomic mass is 32.1. The van der Waals surface area contributed by atoms with E-state index in [0.29, 0.717) is 11.4 Å². The van der Waals surface area contributed by atoms with Crippen molar-refractivity contribution < 1.29 is 5.11 Å². The number of nitrogens with two attached hydrogens (primary N) is 1. The highest BCUT2D eigenvalue weighted by Crippen LogP contribution is 2.33. The molecule has 1 aromatic rings. The maximum atomic E-state index is 9.61. The molecular weight excluding hydrogens is 194 g/mol. The standard InChI is InChI=1S/C11H17NOS/c1-11(2,3)8-4-7(6-14)10(13)9(12)5-8/h4-5,13-14H,6,12H2,1-3H3. The molecule has 0 aliphatic carbocycles. The molecular formula is C11H17NOS. The van der Waals surface area contributed by atoms with E-state index in [1.165, 1.54) is 0 Å². The van der Waals surface area contributed by atoms with Crippen LogP contribution in [0.25, 0.3) is 0 Å². The van der Waals surface area contributed by atoms with Gasteiger partial charge in [-0.25, -0.2) is 0 Å². The fourth-order valence-corrected chi connectivity index (χ4v) is 1.51. The van der Waals surface area contributed by atoms with E-state index in [4.69, 9.17) is 5.73 Å². The number of aromatic hydroxyl groups is 1. The van der Waals surface area contributed by atoms with Gasteiger partial charge in [0.1, 0.15) is 5.75 Å². The summed E-state index contributed by atoms with van der Waals surface area (Å²) in [7, 11) is 0. The van der Waals surface area contributed by atoms with Gasteiger partial charge in [0.2, 0.25) is 0 Å². The Morgan fingerprint density at radius 3 is 2.36 bits per heavy atom. The van der Waals surface area contributed by atoms with Crippen LogP contribution in [0, 0.1) is 0 Å². The number of phenolic OH excluding ortho intramolecular Hbond substituents is 1. The lowest BCUT2D eigenvalue weighted by molar-refractivity contribution is 0.472. The minimum Gasteiger partial charge on any atom is -0.505 e.